The standard InChI is InChI=1S/C28H23ClN4O7S/c1-39-26-22(15-30-28(32-26)40-2)16-6-8-23(21(14-16)27(35)36)31-25(34)18-4-3-5-20(13-18)41(37,38)33-11-10-17-12-19(29)7-9-24(17)33/h3-9,12-15H,10-11H2,1-2H3,(H,31,34)(H,35,36). The van der Waals surface area contributed by atoms with Crippen LogP contribution in [0.4, 0.5) is 11.4 Å². The molecule has 2 heterocycles. The molecule has 210 valence electrons. The maximum Gasteiger partial charge on any atom is 0.337 e. The third-order valence-corrected chi connectivity index (χ3v) is 8.54. The predicted molar refractivity (Wildman–Crippen MR) is 152 cm³/mol. The van der Waals surface area contributed by atoms with Gasteiger partial charge in [0, 0.05) is 23.3 Å². The van der Waals surface area contributed by atoms with Gasteiger partial charge in [0.2, 0.25) is 5.88 Å². The van der Waals surface area contributed by atoms with E-state index in [9.17, 15) is 23.1 Å². The van der Waals surface area contributed by atoms with Crippen LogP contribution >= 0.6 is 11.6 Å². The average Bonchev–Trinajstić information content (AvgIpc) is 3.41. The first-order valence-electron chi connectivity index (χ1n) is 12.2. The number of rotatable bonds is 8. The van der Waals surface area contributed by atoms with Gasteiger partial charge in [-0.2, -0.15) is 4.98 Å². The molecular formula is C28H23ClN4O7S. The van der Waals surface area contributed by atoms with E-state index in [4.69, 9.17) is 21.1 Å². The van der Waals surface area contributed by atoms with Crippen LogP contribution in [0.3, 0.4) is 0 Å². The number of aromatic carboxylic acids is 1. The van der Waals surface area contributed by atoms with Gasteiger partial charge >= 0.3 is 12.0 Å². The maximum atomic E-state index is 13.5. The Morgan fingerprint density at radius 2 is 1.85 bits per heavy atom. The molecule has 0 radical (unpaired) electrons. The molecule has 4 aromatic rings. The molecule has 2 N–H and O–H groups in total. The SMILES string of the molecule is COc1ncc(-c2ccc(NC(=O)c3cccc(S(=O)(=O)N4CCc5cc(Cl)ccc54)c3)c(C(=O)O)c2)c(OC)n1. The van der Waals surface area contributed by atoms with Crippen LogP contribution in [0.15, 0.2) is 71.8 Å². The Bertz CT molecular complexity index is 1800. The molecule has 1 aliphatic rings. The largest absolute Gasteiger partial charge is 0.480 e. The summed E-state index contributed by atoms with van der Waals surface area (Å²) in [7, 11) is -1.17. The van der Waals surface area contributed by atoms with Crippen LogP contribution in [0.5, 0.6) is 11.9 Å². The summed E-state index contributed by atoms with van der Waals surface area (Å²) in [4.78, 5) is 33.4. The molecule has 13 heteroatoms. The molecule has 0 unspecified atom stereocenters. The van der Waals surface area contributed by atoms with Gasteiger partial charge in [-0.3, -0.25) is 9.10 Å². The first-order chi connectivity index (χ1) is 19.6. The molecule has 1 amide bonds. The van der Waals surface area contributed by atoms with Crippen LogP contribution in [0.25, 0.3) is 11.1 Å². The van der Waals surface area contributed by atoms with E-state index >= 15 is 0 Å². The number of anilines is 2. The molecule has 1 aromatic heterocycles. The molecule has 11 nitrogen and oxygen atoms in total. The van der Waals surface area contributed by atoms with Crippen molar-refractivity contribution in [2.45, 2.75) is 11.3 Å². The number of hydrogen-bond donors (Lipinski definition) is 2. The average molecular weight is 595 g/mol. The van der Waals surface area contributed by atoms with Gasteiger partial charge in [0.1, 0.15) is 0 Å². The lowest BCUT2D eigenvalue weighted by Crippen LogP contribution is -2.29. The van der Waals surface area contributed by atoms with E-state index in [2.05, 4.69) is 15.3 Å². The first kappa shape index (κ1) is 27.9. The number of carboxylic acid groups (broad SMARTS) is 1. The summed E-state index contributed by atoms with van der Waals surface area (Å²) in [6.07, 6.45) is 1.95. The van der Waals surface area contributed by atoms with Gasteiger partial charge in [0.25, 0.3) is 15.9 Å². The number of methoxy groups -OCH3 is 2. The minimum atomic E-state index is -3.98. The van der Waals surface area contributed by atoms with E-state index in [1.165, 1.54) is 61.1 Å². The Kier molecular flexibility index (Phi) is 7.52. The molecule has 3 aromatic carbocycles. The van der Waals surface area contributed by atoms with Gasteiger partial charge in [-0.05, 0) is 66.1 Å². The highest BCUT2D eigenvalue weighted by atomic mass is 35.5. The van der Waals surface area contributed by atoms with E-state index in [0.29, 0.717) is 28.3 Å². The number of fused-ring (bicyclic) bond motifs is 1. The minimum absolute atomic E-state index is 0.0123. The number of aromatic nitrogens is 2. The van der Waals surface area contributed by atoms with Gasteiger partial charge in [0.15, 0.2) is 0 Å². The van der Waals surface area contributed by atoms with Crippen molar-refractivity contribution < 1.29 is 32.6 Å². The zero-order valence-corrected chi connectivity index (χ0v) is 23.4. The number of benzene rings is 3. The Hall–Kier alpha value is -4.68. The second-order valence-corrected chi connectivity index (χ2v) is 11.2. The van der Waals surface area contributed by atoms with E-state index < -0.39 is 21.9 Å². The molecule has 0 fully saturated rings. The minimum Gasteiger partial charge on any atom is -0.480 e. The second-order valence-electron chi connectivity index (χ2n) is 8.93. The predicted octanol–water partition coefficient (Wildman–Crippen LogP) is 4.52. The van der Waals surface area contributed by atoms with Crippen LogP contribution in [0, 0.1) is 0 Å². The normalized spacial score (nSPS) is 12.5. The van der Waals surface area contributed by atoms with Crippen LogP contribution in [0.1, 0.15) is 26.3 Å². The Balaban J connectivity index is 1.43. The summed E-state index contributed by atoms with van der Waals surface area (Å²) in [5.74, 6) is -1.80. The lowest BCUT2D eigenvalue weighted by Gasteiger charge is -2.20. The first-order valence-corrected chi connectivity index (χ1v) is 14.0. The van der Waals surface area contributed by atoms with Crippen molar-refractivity contribution in [3.05, 3.63) is 88.6 Å². The number of hydrogen-bond acceptors (Lipinski definition) is 8. The smallest absolute Gasteiger partial charge is 0.337 e. The number of nitrogens with zero attached hydrogens (tertiary/aromatic N) is 3. The van der Waals surface area contributed by atoms with Crippen LogP contribution < -0.4 is 19.1 Å². The van der Waals surface area contributed by atoms with Crippen molar-refractivity contribution in [2.75, 3.05) is 30.4 Å². The molecule has 0 saturated carbocycles. The van der Waals surface area contributed by atoms with Crippen molar-refractivity contribution in [3.63, 3.8) is 0 Å². The topological polar surface area (TPSA) is 148 Å². The number of carbonyl (C=O) groups is 2. The fourth-order valence-electron chi connectivity index (χ4n) is 4.51. The zero-order chi connectivity index (χ0) is 29.3. The third kappa shape index (κ3) is 5.39. The van der Waals surface area contributed by atoms with Gasteiger partial charge < -0.3 is 19.9 Å². The van der Waals surface area contributed by atoms with Gasteiger partial charge in [-0.15, -0.1) is 0 Å². The molecule has 41 heavy (non-hydrogen) atoms. The number of nitrogens with one attached hydrogen (secondary N) is 1. The van der Waals surface area contributed by atoms with Crippen molar-refractivity contribution in [3.8, 4) is 23.0 Å². The lowest BCUT2D eigenvalue weighted by molar-refractivity contribution is 0.0698. The summed E-state index contributed by atoms with van der Waals surface area (Å²) >= 11 is 6.05. The summed E-state index contributed by atoms with van der Waals surface area (Å²) < 4.78 is 38.5. The Morgan fingerprint density at radius 1 is 1.05 bits per heavy atom. The number of ether oxygens (including phenoxy) is 2. The molecule has 0 bridgehead atoms. The summed E-state index contributed by atoms with van der Waals surface area (Å²) in [5, 5.41) is 13.0. The number of halogens is 1. The van der Waals surface area contributed by atoms with Crippen molar-refractivity contribution in [1.29, 1.82) is 0 Å². The monoisotopic (exact) mass is 594 g/mol. The highest BCUT2D eigenvalue weighted by molar-refractivity contribution is 7.92. The maximum absolute atomic E-state index is 13.5. The van der Waals surface area contributed by atoms with E-state index in [0.717, 1.165) is 5.56 Å². The fourth-order valence-corrected chi connectivity index (χ4v) is 6.25. The van der Waals surface area contributed by atoms with Crippen molar-refractivity contribution in [1.82, 2.24) is 9.97 Å². The van der Waals surface area contributed by atoms with E-state index in [1.807, 2.05) is 0 Å². The molecule has 0 saturated heterocycles. The molecule has 0 aliphatic carbocycles. The van der Waals surface area contributed by atoms with Crippen LogP contribution in [-0.2, 0) is 16.4 Å². The number of amides is 1. The lowest BCUT2D eigenvalue weighted by atomic mass is 10.0. The summed E-state index contributed by atoms with van der Waals surface area (Å²) in [6, 6.07) is 15.0. The highest BCUT2D eigenvalue weighted by Gasteiger charge is 2.31. The van der Waals surface area contributed by atoms with E-state index in [-0.39, 0.29) is 40.1 Å². The quantitative estimate of drug-likeness (QED) is 0.300. The van der Waals surface area contributed by atoms with Gasteiger partial charge in [-0.1, -0.05) is 23.7 Å². The molecule has 0 atom stereocenters. The third-order valence-electron chi connectivity index (χ3n) is 6.50. The van der Waals surface area contributed by atoms with Gasteiger partial charge in [0.05, 0.1) is 41.6 Å². The molecule has 1 aliphatic heterocycles. The zero-order valence-electron chi connectivity index (χ0n) is 21.8. The van der Waals surface area contributed by atoms with Crippen LogP contribution in [0.2, 0.25) is 5.02 Å². The number of carboxylic acids is 1. The Labute approximate surface area is 240 Å². The van der Waals surface area contributed by atoms with Crippen molar-refractivity contribution >= 4 is 44.9 Å². The summed E-state index contributed by atoms with van der Waals surface area (Å²) in [6.45, 7) is 0.243. The molecular weight excluding hydrogens is 572 g/mol. The second kappa shape index (κ2) is 11.1. The molecule has 0 spiro atoms. The Morgan fingerprint density at radius 3 is 2.59 bits per heavy atom. The number of sulfonamides is 1. The van der Waals surface area contributed by atoms with Crippen LogP contribution in [-0.4, -0.2) is 56.1 Å². The van der Waals surface area contributed by atoms with Gasteiger partial charge in [-0.25, -0.2) is 18.2 Å². The van der Waals surface area contributed by atoms with Crippen molar-refractivity contribution in [2.24, 2.45) is 0 Å². The summed E-state index contributed by atoms with van der Waals surface area (Å²) in [5.41, 5.74) is 2.04. The van der Waals surface area contributed by atoms with E-state index in [1.54, 1.807) is 24.3 Å². The highest BCUT2D eigenvalue weighted by Crippen LogP contribution is 2.35. The number of carbonyl (C=O) groups excluding carboxylic acids is 1. The molecule has 5 rings (SSSR count). The fraction of sp³-hybridized carbons (Fsp3) is 0.143.